The van der Waals surface area contributed by atoms with Crippen LogP contribution in [0, 0.1) is 6.92 Å². The third-order valence-electron chi connectivity index (χ3n) is 2.53. The second-order valence-corrected chi connectivity index (χ2v) is 4.11. The van der Waals surface area contributed by atoms with Gasteiger partial charge in [0.1, 0.15) is 5.82 Å². The number of H-pyrrole nitrogens is 1. The van der Waals surface area contributed by atoms with Gasteiger partial charge in [0.2, 0.25) is 11.7 Å². The van der Waals surface area contributed by atoms with Crippen molar-refractivity contribution >= 4 is 11.8 Å². The summed E-state index contributed by atoms with van der Waals surface area (Å²) >= 11 is 0. The summed E-state index contributed by atoms with van der Waals surface area (Å²) in [4.78, 5) is 15.9. The van der Waals surface area contributed by atoms with E-state index in [2.05, 4.69) is 25.7 Å². The van der Waals surface area contributed by atoms with E-state index in [9.17, 15) is 4.79 Å². The molecule has 0 saturated heterocycles. The Labute approximate surface area is 96.6 Å². The van der Waals surface area contributed by atoms with Crippen molar-refractivity contribution in [1.82, 2.24) is 20.3 Å². The Hall–Kier alpha value is -2.18. The molecule has 1 saturated carbocycles. The fourth-order valence-corrected chi connectivity index (χ4v) is 1.51. The monoisotopic (exact) mass is 233 g/mol. The second-order valence-electron chi connectivity index (χ2n) is 4.11. The maximum absolute atomic E-state index is 11.7. The number of anilines is 1. The van der Waals surface area contributed by atoms with Gasteiger partial charge in [0.25, 0.3) is 5.91 Å². The molecule has 17 heavy (non-hydrogen) atoms. The highest BCUT2D eigenvalue weighted by atomic mass is 16.5. The van der Waals surface area contributed by atoms with Crippen LogP contribution >= 0.6 is 0 Å². The van der Waals surface area contributed by atoms with Gasteiger partial charge in [-0.05, 0) is 19.8 Å². The van der Waals surface area contributed by atoms with Gasteiger partial charge in [-0.15, -0.1) is 5.10 Å². The molecule has 0 unspecified atom stereocenters. The highest BCUT2D eigenvalue weighted by molar-refractivity contribution is 6.00. The molecule has 0 aromatic carbocycles. The minimum Gasteiger partial charge on any atom is -0.338 e. The molecular weight excluding hydrogens is 222 g/mol. The molecule has 1 fully saturated rings. The van der Waals surface area contributed by atoms with Crippen molar-refractivity contribution < 1.29 is 9.32 Å². The van der Waals surface area contributed by atoms with Gasteiger partial charge in [-0.2, -0.15) is 0 Å². The van der Waals surface area contributed by atoms with Gasteiger partial charge < -0.3 is 4.52 Å². The number of rotatable bonds is 3. The van der Waals surface area contributed by atoms with Crippen LogP contribution in [0.25, 0.3) is 0 Å². The topological polar surface area (TPSA) is 96.7 Å². The molecule has 0 radical (unpaired) electrons. The largest absolute Gasteiger partial charge is 0.338 e. The predicted octanol–water partition coefficient (Wildman–Crippen LogP) is 1.23. The van der Waals surface area contributed by atoms with E-state index in [1.165, 1.54) is 0 Å². The zero-order valence-electron chi connectivity index (χ0n) is 9.23. The molecule has 1 amide bonds. The predicted molar refractivity (Wildman–Crippen MR) is 57.6 cm³/mol. The molecule has 2 aromatic rings. The normalized spacial score (nSPS) is 14.9. The molecule has 88 valence electrons. The fraction of sp³-hybridized carbons (Fsp3) is 0.400. The molecule has 0 spiro atoms. The maximum Gasteiger partial charge on any atom is 0.297 e. The number of amides is 1. The zero-order valence-corrected chi connectivity index (χ0v) is 9.23. The van der Waals surface area contributed by atoms with Crippen LogP contribution in [0.4, 0.5) is 5.88 Å². The quantitative estimate of drug-likeness (QED) is 0.831. The van der Waals surface area contributed by atoms with E-state index in [1.54, 1.807) is 13.0 Å². The number of carbonyl (C=O) groups excluding carboxylic acids is 1. The first-order chi connectivity index (χ1) is 8.22. The maximum atomic E-state index is 11.7. The first kappa shape index (κ1) is 10.0. The third-order valence-corrected chi connectivity index (χ3v) is 2.53. The Morgan fingerprint density at radius 2 is 2.41 bits per heavy atom. The van der Waals surface area contributed by atoms with Crippen molar-refractivity contribution in [3.63, 3.8) is 0 Å². The Morgan fingerprint density at radius 1 is 1.59 bits per heavy atom. The van der Waals surface area contributed by atoms with E-state index in [0.29, 0.717) is 17.5 Å². The Morgan fingerprint density at radius 3 is 3.06 bits per heavy atom. The molecule has 0 atom stereocenters. The van der Waals surface area contributed by atoms with E-state index in [4.69, 9.17) is 4.52 Å². The molecule has 7 nitrogen and oxygen atoms in total. The highest BCUT2D eigenvalue weighted by Crippen LogP contribution is 2.37. The first-order valence-corrected chi connectivity index (χ1v) is 5.39. The Balaban J connectivity index is 1.72. The van der Waals surface area contributed by atoms with Gasteiger partial charge in [0.15, 0.2) is 0 Å². The molecule has 0 aliphatic heterocycles. The molecule has 2 N–H and O–H groups in total. The van der Waals surface area contributed by atoms with Gasteiger partial charge in [-0.3, -0.25) is 15.2 Å². The minimum absolute atomic E-state index is 0.126. The molecular formula is C10H11N5O2. The Kier molecular flexibility index (Phi) is 2.17. The summed E-state index contributed by atoms with van der Waals surface area (Å²) in [7, 11) is 0. The lowest BCUT2D eigenvalue weighted by Crippen LogP contribution is -2.13. The molecule has 7 heteroatoms. The van der Waals surface area contributed by atoms with Gasteiger partial charge in [0, 0.05) is 12.0 Å². The van der Waals surface area contributed by atoms with Crippen LogP contribution in [-0.2, 0) is 0 Å². The number of aromatic amines is 1. The average molecular weight is 233 g/mol. The van der Waals surface area contributed by atoms with Crippen LogP contribution in [0.2, 0.25) is 0 Å². The van der Waals surface area contributed by atoms with Gasteiger partial charge in [0.05, 0.1) is 5.69 Å². The lowest BCUT2D eigenvalue weighted by Gasteiger charge is -1.94. The fourth-order valence-electron chi connectivity index (χ4n) is 1.51. The first-order valence-electron chi connectivity index (χ1n) is 5.39. The third kappa shape index (κ3) is 2.03. The number of aromatic nitrogens is 4. The van der Waals surface area contributed by atoms with Crippen LogP contribution in [0.15, 0.2) is 10.6 Å². The second kappa shape index (κ2) is 3.69. The highest BCUT2D eigenvalue weighted by Gasteiger charge is 2.28. The van der Waals surface area contributed by atoms with E-state index >= 15 is 0 Å². The van der Waals surface area contributed by atoms with Crippen molar-refractivity contribution in [2.45, 2.75) is 25.7 Å². The number of hydrogen-bond acceptors (Lipinski definition) is 5. The van der Waals surface area contributed by atoms with Gasteiger partial charge in [-0.25, -0.2) is 4.98 Å². The lowest BCUT2D eigenvalue weighted by atomic mass is 10.4. The number of carbonyl (C=O) groups is 1. The zero-order chi connectivity index (χ0) is 11.8. The molecule has 2 aromatic heterocycles. The summed E-state index contributed by atoms with van der Waals surface area (Å²) < 4.78 is 4.88. The smallest absolute Gasteiger partial charge is 0.297 e. The van der Waals surface area contributed by atoms with Crippen molar-refractivity contribution in [1.29, 1.82) is 0 Å². The van der Waals surface area contributed by atoms with E-state index < -0.39 is 5.91 Å². The molecule has 0 bridgehead atoms. The molecule has 2 heterocycles. The van der Waals surface area contributed by atoms with Crippen molar-refractivity contribution in [3.05, 3.63) is 23.4 Å². The van der Waals surface area contributed by atoms with Crippen LogP contribution in [0.3, 0.4) is 0 Å². The summed E-state index contributed by atoms with van der Waals surface area (Å²) in [6.45, 7) is 1.77. The summed E-state index contributed by atoms with van der Waals surface area (Å²) in [5.74, 6) is 1.25. The SMILES string of the molecule is Cc1cc(NC(=O)c2n[nH]c(C3CC3)n2)on1. The standard InChI is InChI=1S/C10H11N5O2/c1-5-4-7(17-15-5)11-10(16)9-12-8(13-14-9)6-2-3-6/h4,6H,2-3H2,1H3,(H,11,16)(H,12,13,14). The van der Waals surface area contributed by atoms with Crippen molar-refractivity contribution in [3.8, 4) is 0 Å². The van der Waals surface area contributed by atoms with E-state index in [1.807, 2.05) is 0 Å². The van der Waals surface area contributed by atoms with Gasteiger partial charge in [-0.1, -0.05) is 5.16 Å². The van der Waals surface area contributed by atoms with Crippen LogP contribution < -0.4 is 5.32 Å². The molecule has 1 aliphatic rings. The van der Waals surface area contributed by atoms with Crippen LogP contribution in [0.5, 0.6) is 0 Å². The van der Waals surface area contributed by atoms with Crippen LogP contribution in [-0.4, -0.2) is 26.2 Å². The lowest BCUT2D eigenvalue weighted by molar-refractivity contribution is 0.101. The van der Waals surface area contributed by atoms with Crippen LogP contribution in [0.1, 0.15) is 40.9 Å². The van der Waals surface area contributed by atoms with E-state index in [0.717, 1.165) is 18.7 Å². The summed E-state index contributed by atoms with van der Waals surface area (Å²) in [5, 5.41) is 12.8. The molecule has 3 rings (SSSR count). The van der Waals surface area contributed by atoms with Crippen molar-refractivity contribution in [2.24, 2.45) is 0 Å². The summed E-state index contributed by atoms with van der Waals surface area (Å²) in [5.41, 5.74) is 0.703. The van der Waals surface area contributed by atoms with E-state index in [-0.39, 0.29) is 5.82 Å². The number of hydrogen-bond donors (Lipinski definition) is 2. The number of nitrogens with one attached hydrogen (secondary N) is 2. The molecule has 1 aliphatic carbocycles. The minimum atomic E-state index is -0.399. The van der Waals surface area contributed by atoms with Crippen molar-refractivity contribution in [2.75, 3.05) is 5.32 Å². The number of nitrogens with zero attached hydrogens (tertiary/aromatic N) is 3. The van der Waals surface area contributed by atoms with Gasteiger partial charge >= 0.3 is 0 Å². The summed E-state index contributed by atoms with van der Waals surface area (Å²) in [6, 6.07) is 1.63. The number of aryl methyl sites for hydroxylation is 1. The summed E-state index contributed by atoms with van der Waals surface area (Å²) in [6.07, 6.45) is 2.22. The Bertz CT molecular complexity index is 555. The average Bonchev–Trinajstić information content (AvgIpc) is 2.88.